The molecule has 1 aromatic heterocycles. The van der Waals surface area contributed by atoms with Crippen molar-refractivity contribution < 1.29 is 9.53 Å². The van der Waals surface area contributed by atoms with Gasteiger partial charge in [0.05, 0.1) is 7.11 Å². The van der Waals surface area contributed by atoms with Crippen LogP contribution in [0.15, 0.2) is 5.38 Å². The largest absolute Gasteiger partial charge is 0.464 e. The molecule has 2 rings (SSSR count). The van der Waals surface area contributed by atoms with E-state index in [0.29, 0.717) is 5.69 Å². The molecule has 1 fully saturated rings. The summed E-state index contributed by atoms with van der Waals surface area (Å²) in [5.41, 5.74) is 0.378. The Kier molecular flexibility index (Phi) is 4.95. The van der Waals surface area contributed by atoms with Crippen LogP contribution >= 0.6 is 11.3 Å². The van der Waals surface area contributed by atoms with Gasteiger partial charge in [-0.3, -0.25) is 0 Å². The fraction of sp³-hybridized carbons (Fsp3) is 0.667. The van der Waals surface area contributed by atoms with Gasteiger partial charge >= 0.3 is 5.97 Å². The van der Waals surface area contributed by atoms with Gasteiger partial charge in [-0.05, 0) is 25.9 Å². The zero-order valence-electron chi connectivity index (χ0n) is 10.6. The number of thiazole rings is 1. The van der Waals surface area contributed by atoms with Crippen molar-refractivity contribution in [3.05, 3.63) is 11.1 Å². The summed E-state index contributed by atoms with van der Waals surface area (Å²) in [6.07, 6.45) is 3.98. The number of nitrogens with one attached hydrogen (secondary N) is 1. The number of piperidine rings is 1. The molecule has 0 atom stereocenters. The SMILES string of the molecule is COC(=O)c1csc(NCCN2CCCCC2)n1. The van der Waals surface area contributed by atoms with Crippen molar-refractivity contribution in [3.8, 4) is 0 Å². The van der Waals surface area contributed by atoms with Crippen LogP contribution in [0.3, 0.4) is 0 Å². The number of aromatic nitrogens is 1. The van der Waals surface area contributed by atoms with E-state index in [1.165, 1.54) is 50.8 Å². The zero-order chi connectivity index (χ0) is 12.8. The standard InChI is InChI=1S/C12H19N3O2S/c1-17-11(16)10-9-18-12(14-10)13-5-8-15-6-3-2-4-7-15/h9H,2-8H2,1H3,(H,13,14). The molecule has 18 heavy (non-hydrogen) atoms. The van der Waals surface area contributed by atoms with Gasteiger partial charge in [-0.2, -0.15) is 0 Å². The van der Waals surface area contributed by atoms with E-state index in [0.717, 1.165) is 18.2 Å². The van der Waals surface area contributed by atoms with E-state index in [2.05, 4.69) is 19.9 Å². The van der Waals surface area contributed by atoms with Crippen LogP contribution in [0.25, 0.3) is 0 Å². The van der Waals surface area contributed by atoms with Crippen molar-refractivity contribution in [2.75, 3.05) is 38.6 Å². The molecule has 6 heteroatoms. The van der Waals surface area contributed by atoms with E-state index in [4.69, 9.17) is 0 Å². The lowest BCUT2D eigenvalue weighted by atomic mass is 10.1. The maximum atomic E-state index is 11.2. The third kappa shape index (κ3) is 3.68. The molecule has 0 bridgehead atoms. The Balaban J connectivity index is 1.72. The van der Waals surface area contributed by atoms with Gasteiger partial charge in [-0.1, -0.05) is 6.42 Å². The van der Waals surface area contributed by atoms with Crippen molar-refractivity contribution in [2.45, 2.75) is 19.3 Å². The highest BCUT2D eigenvalue weighted by Gasteiger charge is 2.11. The van der Waals surface area contributed by atoms with Crippen LogP contribution in [0.2, 0.25) is 0 Å². The maximum absolute atomic E-state index is 11.2. The van der Waals surface area contributed by atoms with Gasteiger partial charge in [-0.15, -0.1) is 11.3 Å². The summed E-state index contributed by atoms with van der Waals surface area (Å²) in [6, 6.07) is 0. The molecule has 5 nitrogen and oxygen atoms in total. The molecule has 1 aliphatic heterocycles. The van der Waals surface area contributed by atoms with Crippen LogP contribution in [0.5, 0.6) is 0 Å². The summed E-state index contributed by atoms with van der Waals surface area (Å²) in [5, 5.41) is 5.75. The number of likely N-dealkylation sites (tertiary alicyclic amines) is 1. The molecular weight excluding hydrogens is 250 g/mol. The Labute approximate surface area is 111 Å². The zero-order valence-corrected chi connectivity index (χ0v) is 11.5. The number of anilines is 1. The van der Waals surface area contributed by atoms with Gasteiger partial charge in [0.2, 0.25) is 0 Å². The Morgan fingerprint density at radius 2 is 2.28 bits per heavy atom. The first-order chi connectivity index (χ1) is 8.79. The smallest absolute Gasteiger partial charge is 0.357 e. The van der Waals surface area contributed by atoms with E-state index >= 15 is 0 Å². The van der Waals surface area contributed by atoms with Gasteiger partial charge in [0, 0.05) is 18.5 Å². The molecule has 0 unspecified atom stereocenters. The molecule has 1 aliphatic rings. The first kappa shape index (κ1) is 13.3. The lowest BCUT2D eigenvalue weighted by Crippen LogP contribution is -2.33. The number of nitrogens with zero attached hydrogens (tertiary/aromatic N) is 2. The molecule has 100 valence electrons. The van der Waals surface area contributed by atoms with E-state index in [9.17, 15) is 4.79 Å². The fourth-order valence-corrected chi connectivity index (χ4v) is 2.77. The predicted octanol–water partition coefficient (Wildman–Crippen LogP) is 1.83. The van der Waals surface area contributed by atoms with Gasteiger partial charge < -0.3 is 15.0 Å². The van der Waals surface area contributed by atoms with Crippen molar-refractivity contribution in [1.29, 1.82) is 0 Å². The Morgan fingerprint density at radius 1 is 1.50 bits per heavy atom. The molecule has 1 aromatic rings. The van der Waals surface area contributed by atoms with Gasteiger partial charge in [-0.25, -0.2) is 9.78 Å². The van der Waals surface area contributed by atoms with Gasteiger partial charge in [0.15, 0.2) is 10.8 Å². The lowest BCUT2D eigenvalue weighted by molar-refractivity contribution is 0.0595. The minimum atomic E-state index is -0.379. The van der Waals surface area contributed by atoms with E-state index in [1.807, 2.05) is 0 Å². The van der Waals surface area contributed by atoms with E-state index in [-0.39, 0.29) is 5.97 Å². The highest BCUT2D eigenvalue weighted by Crippen LogP contribution is 2.16. The number of ether oxygens (including phenoxy) is 1. The number of methoxy groups -OCH3 is 1. The summed E-state index contributed by atoms with van der Waals surface area (Å²) >= 11 is 1.44. The number of esters is 1. The summed E-state index contributed by atoms with van der Waals surface area (Å²) in [6.45, 7) is 4.31. The number of carbonyl (C=O) groups is 1. The Morgan fingerprint density at radius 3 is 3.00 bits per heavy atom. The van der Waals surface area contributed by atoms with Crippen LogP contribution < -0.4 is 5.32 Å². The molecular formula is C12H19N3O2S. The monoisotopic (exact) mass is 269 g/mol. The molecule has 2 heterocycles. The molecule has 0 radical (unpaired) electrons. The third-order valence-electron chi connectivity index (χ3n) is 3.05. The quantitative estimate of drug-likeness (QED) is 0.826. The van der Waals surface area contributed by atoms with Crippen molar-refractivity contribution >= 4 is 22.4 Å². The number of rotatable bonds is 5. The summed E-state index contributed by atoms with van der Waals surface area (Å²) in [4.78, 5) is 17.9. The second kappa shape index (κ2) is 6.70. The molecule has 1 saturated heterocycles. The van der Waals surface area contributed by atoms with Gasteiger partial charge in [0.1, 0.15) is 0 Å². The molecule has 0 aliphatic carbocycles. The first-order valence-corrected chi connectivity index (χ1v) is 7.17. The average molecular weight is 269 g/mol. The van der Waals surface area contributed by atoms with Crippen molar-refractivity contribution in [1.82, 2.24) is 9.88 Å². The Hall–Kier alpha value is -1.14. The van der Waals surface area contributed by atoms with Crippen LogP contribution in [-0.2, 0) is 4.74 Å². The van der Waals surface area contributed by atoms with Crippen LogP contribution in [0.1, 0.15) is 29.8 Å². The Bertz CT molecular complexity index is 388. The lowest BCUT2D eigenvalue weighted by Gasteiger charge is -2.26. The highest BCUT2D eigenvalue weighted by molar-refractivity contribution is 7.13. The molecule has 0 amide bonds. The number of hydrogen-bond donors (Lipinski definition) is 1. The molecule has 0 spiro atoms. The minimum absolute atomic E-state index is 0.378. The summed E-state index contributed by atoms with van der Waals surface area (Å²) in [5.74, 6) is -0.379. The second-order valence-corrected chi connectivity index (χ2v) is 5.22. The number of carbonyl (C=O) groups excluding carboxylic acids is 1. The molecule has 0 aromatic carbocycles. The summed E-state index contributed by atoms with van der Waals surface area (Å²) < 4.78 is 4.62. The molecule has 0 saturated carbocycles. The highest BCUT2D eigenvalue weighted by atomic mass is 32.1. The minimum Gasteiger partial charge on any atom is -0.464 e. The summed E-state index contributed by atoms with van der Waals surface area (Å²) in [7, 11) is 1.37. The fourth-order valence-electron chi connectivity index (χ4n) is 2.06. The second-order valence-electron chi connectivity index (χ2n) is 4.36. The number of hydrogen-bond acceptors (Lipinski definition) is 6. The van der Waals surface area contributed by atoms with E-state index < -0.39 is 0 Å². The first-order valence-electron chi connectivity index (χ1n) is 6.29. The topological polar surface area (TPSA) is 54.5 Å². The van der Waals surface area contributed by atoms with Crippen molar-refractivity contribution in [3.63, 3.8) is 0 Å². The van der Waals surface area contributed by atoms with E-state index in [1.54, 1.807) is 5.38 Å². The predicted molar refractivity (Wildman–Crippen MR) is 72.2 cm³/mol. The van der Waals surface area contributed by atoms with Crippen LogP contribution in [0, 0.1) is 0 Å². The van der Waals surface area contributed by atoms with Crippen LogP contribution in [-0.4, -0.2) is 49.1 Å². The average Bonchev–Trinajstić information content (AvgIpc) is 2.88. The normalized spacial score (nSPS) is 16.5. The van der Waals surface area contributed by atoms with Gasteiger partial charge in [0.25, 0.3) is 0 Å². The third-order valence-corrected chi connectivity index (χ3v) is 3.85. The maximum Gasteiger partial charge on any atom is 0.357 e. The molecule has 1 N–H and O–H groups in total. The van der Waals surface area contributed by atoms with Crippen molar-refractivity contribution in [2.24, 2.45) is 0 Å². The van der Waals surface area contributed by atoms with Crippen LogP contribution in [0.4, 0.5) is 5.13 Å².